The van der Waals surface area contributed by atoms with Crippen molar-refractivity contribution >= 4 is 11.8 Å². The van der Waals surface area contributed by atoms with Crippen LogP contribution in [-0.2, 0) is 9.59 Å². The van der Waals surface area contributed by atoms with E-state index in [9.17, 15) is 9.59 Å². The Bertz CT molecular complexity index is 547. The van der Waals surface area contributed by atoms with Crippen molar-refractivity contribution in [2.45, 2.75) is 37.6 Å². The van der Waals surface area contributed by atoms with E-state index >= 15 is 0 Å². The van der Waals surface area contributed by atoms with Crippen LogP contribution in [0.5, 0.6) is 0 Å². The third-order valence-corrected chi connectivity index (χ3v) is 5.09. The first-order valence-corrected chi connectivity index (χ1v) is 8.48. The number of amides is 2. The highest BCUT2D eigenvalue weighted by Gasteiger charge is 2.36. The average molecular weight is 315 g/mol. The fourth-order valence-corrected chi connectivity index (χ4v) is 3.60. The third-order valence-electron chi connectivity index (χ3n) is 5.09. The Balaban J connectivity index is 1.39. The van der Waals surface area contributed by atoms with Gasteiger partial charge in [-0.3, -0.25) is 14.5 Å². The van der Waals surface area contributed by atoms with Crippen LogP contribution in [0.15, 0.2) is 30.3 Å². The van der Waals surface area contributed by atoms with Gasteiger partial charge in [0.15, 0.2) is 0 Å². The number of hydrogen-bond donors (Lipinski definition) is 2. The lowest BCUT2D eigenvalue weighted by Gasteiger charge is -2.37. The molecule has 3 rings (SSSR count). The zero-order chi connectivity index (χ0) is 16.2. The molecule has 1 aliphatic heterocycles. The number of nitrogens with zero attached hydrogens (tertiary/aromatic N) is 1. The number of rotatable bonds is 5. The van der Waals surface area contributed by atoms with E-state index in [0.29, 0.717) is 12.5 Å². The van der Waals surface area contributed by atoms with Gasteiger partial charge in [-0.05, 0) is 37.2 Å². The van der Waals surface area contributed by atoms with Crippen LogP contribution in [0.4, 0.5) is 0 Å². The van der Waals surface area contributed by atoms with Crippen LogP contribution < -0.4 is 11.1 Å². The molecule has 1 heterocycles. The molecule has 5 nitrogen and oxygen atoms in total. The molecule has 0 atom stereocenters. The summed E-state index contributed by atoms with van der Waals surface area (Å²) in [5.41, 5.74) is 6.56. The predicted molar refractivity (Wildman–Crippen MR) is 88.7 cm³/mol. The molecule has 1 aromatic carbocycles. The van der Waals surface area contributed by atoms with Crippen molar-refractivity contribution in [3.05, 3.63) is 35.9 Å². The number of benzene rings is 1. The number of likely N-dealkylation sites (tertiary alicyclic amines) is 1. The molecule has 2 aliphatic rings. The molecular formula is C18H25N3O2. The number of primary amides is 1. The molecule has 0 aromatic heterocycles. The van der Waals surface area contributed by atoms with Gasteiger partial charge in [0.05, 0.1) is 6.54 Å². The summed E-state index contributed by atoms with van der Waals surface area (Å²) in [5.74, 6) is 0.604. The van der Waals surface area contributed by atoms with E-state index in [2.05, 4.69) is 34.5 Å². The summed E-state index contributed by atoms with van der Waals surface area (Å²) in [6.07, 6.45) is 3.70. The Morgan fingerprint density at radius 3 is 2.39 bits per heavy atom. The van der Waals surface area contributed by atoms with Crippen LogP contribution in [0.1, 0.15) is 37.2 Å². The van der Waals surface area contributed by atoms with E-state index in [0.717, 1.165) is 38.8 Å². The lowest BCUT2D eigenvalue weighted by Crippen LogP contribution is -2.49. The first kappa shape index (κ1) is 16.0. The van der Waals surface area contributed by atoms with Crippen LogP contribution in [0.3, 0.4) is 0 Å². The third kappa shape index (κ3) is 4.10. The molecule has 1 aliphatic carbocycles. The lowest BCUT2D eigenvalue weighted by atomic mass is 9.71. The Labute approximate surface area is 137 Å². The van der Waals surface area contributed by atoms with Crippen molar-refractivity contribution in [2.75, 3.05) is 19.6 Å². The molecule has 124 valence electrons. The van der Waals surface area contributed by atoms with Gasteiger partial charge >= 0.3 is 0 Å². The highest BCUT2D eigenvalue weighted by molar-refractivity contribution is 5.80. The Morgan fingerprint density at radius 2 is 1.78 bits per heavy atom. The number of carbonyl (C=O) groups is 2. The number of hydrogen-bond acceptors (Lipinski definition) is 3. The monoisotopic (exact) mass is 315 g/mol. The SMILES string of the molecule is NC(=O)CN1CCC(NC(=O)C2CC(c3ccccc3)C2)CC1. The Morgan fingerprint density at radius 1 is 1.13 bits per heavy atom. The Kier molecular flexibility index (Phi) is 4.96. The minimum Gasteiger partial charge on any atom is -0.369 e. The minimum absolute atomic E-state index is 0.156. The van der Waals surface area contributed by atoms with Crippen molar-refractivity contribution < 1.29 is 9.59 Å². The number of carbonyl (C=O) groups excluding carboxylic acids is 2. The molecule has 5 heteroatoms. The van der Waals surface area contributed by atoms with Crippen molar-refractivity contribution in [2.24, 2.45) is 11.7 Å². The second-order valence-corrected chi connectivity index (χ2v) is 6.80. The first-order valence-electron chi connectivity index (χ1n) is 8.48. The van der Waals surface area contributed by atoms with Crippen LogP contribution in [0, 0.1) is 5.92 Å². The van der Waals surface area contributed by atoms with Crippen molar-refractivity contribution in [3.63, 3.8) is 0 Å². The van der Waals surface area contributed by atoms with Crippen molar-refractivity contribution in [1.29, 1.82) is 0 Å². The zero-order valence-electron chi connectivity index (χ0n) is 13.4. The minimum atomic E-state index is -0.283. The quantitative estimate of drug-likeness (QED) is 0.858. The van der Waals surface area contributed by atoms with E-state index in [1.807, 2.05) is 6.07 Å². The molecule has 0 radical (unpaired) electrons. The van der Waals surface area contributed by atoms with Crippen LogP contribution in [0.2, 0.25) is 0 Å². The topological polar surface area (TPSA) is 75.4 Å². The predicted octanol–water partition coefficient (Wildman–Crippen LogP) is 1.25. The van der Waals surface area contributed by atoms with Gasteiger partial charge in [-0.15, -0.1) is 0 Å². The van der Waals surface area contributed by atoms with E-state index in [1.165, 1.54) is 5.56 Å². The standard InChI is InChI=1S/C18H25N3O2/c19-17(22)12-21-8-6-16(7-9-21)20-18(23)15-10-14(11-15)13-4-2-1-3-5-13/h1-5,14-16H,6-12H2,(H2,19,22)(H,20,23). The van der Waals surface area contributed by atoms with Crippen LogP contribution in [0.25, 0.3) is 0 Å². The summed E-state index contributed by atoms with van der Waals surface area (Å²) in [4.78, 5) is 25.3. The maximum Gasteiger partial charge on any atom is 0.231 e. The summed E-state index contributed by atoms with van der Waals surface area (Å²) in [7, 11) is 0. The maximum atomic E-state index is 12.3. The van der Waals surface area contributed by atoms with E-state index < -0.39 is 0 Å². The van der Waals surface area contributed by atoms with E-state index in [1.54, 1.807) is 0 Å². The van der Waals surface area contributed by atoms with E-state index in [-0.39, 0.29) is 23.8 Å². The molecule has 2 fully saturated rings. The lowest BCUT2D eigenvalue weighted by molar-refractivity contribution is -0.129. The van der Waals surface area contributed by atoms with Gasteiger partial charge in [-0.25, -0.2) is 0 Å². The summed E-state index contributed by atoms with van der Waals surface area (Å²) < 4.78 is 0. The second kappa shape index (κ2) is 7.13. The summed E-state index contributed by atoms with van der Waals surface area (Å²) in [6, 6.07) is 10.7. The van der Waals surface area contributed by atoms with Crippen LogP contribution >= 0.6 is 0 Å². The van der Waals surface area contributed by atoms with Gasteiger partial charge in [0, 0.05) is 25.0 Å². The molecule has 2 amide bonds. The van der Waals surface area contributed by atoms with Crippen molar-refractivity contribution in [1.82, 2.24) is 10.2 Å². The molecule has 1 saturated carbocycles. The fourth-order valence-electron chi connectivity index (χ4n) is 3.60. The van der Waals surface area contributed by atoms with Crippen LogP contribution in [-0.4, -0.2) is 42.4 Å². The highest BCUT2D eigenvalue weighted by atomic mass is 16.2. The number of nitrogens with one attached hydrogen (secondary N) is 1. The van der Waals surface area contributed by atoms with Gasteiger partial charge in [0.1, 0.15) is 0 Å². The molecule has 0 unspecified atom stereocenters. The van der Waals surface area contributed by atoms with Gasteiger partial charge in [0.2, 0.25) is 11.8 Å². The van der Waals surface area contributed by atoms with Gasteiger partial charge in [-0.2, -0.15) is 0 Å². The second-order valence-electron chi connectivity index (χ2n) is 6.80. The van der Waals surface area contributed by atoms with Gasteiger partial charge in [0.25, 0.3) is 0 Å². The van der Waals surface area contributed by atoms with Gasteiger partial charge < -0.3 is 11.1 Å². The van der Waals surface area contributed by atoms with E-state index in [4.69, 9.17) is 5.73 Å². The number of nitrogens with two attached hydrogens (primary N) is 1. The molecule has 3 N–H and O–H groups in total. The average Bonchev–Trinajstić information content (AvgIpc) is 2.48. The Hall–Kier alpha value is -1.88. The maximum absolute atomic E-state index is 12.3. The largest absolute Gasteiger partial charge is 0.369 e. The zero-order valence-corrected chi connectivity index (χ0v) is 13.4. The molecule has 0 spiro atoms. The summed E-state index contributed by atoms with van der Waals surface area (Å²) in [6.45, 7) is 1.97. The fraction of sp³-hybridized carbons (Fsp3) is 0.556. The smallest absolute Gasteiger partial charge is 0.231 e. The van der Waals surface area contributed by atoms with Crippen molar-refractivity contribution in [3.8, 4) is 0 Å². The summed E-state index contributed by atoms with van der Waals surface area (Å²) in [5, 5.41) is 3.18. The normalized spacial score (nSPS) is 25.6. The number of piperidine rings is 1. The molecule has 1 saturated heterocycles. The molecule has 0 bridgehead atoms. The molecular weight excluding hydrogens is 290 g/mol. The first-order chi connectivity index (χ1) is 11.1. The highest BCUT2D eigenvalue weighted by Crippen LogP contribution is 2.41. The molecule has 23 heavy (non-hydrogen) atoms. The molecule has 1 aromatic rings. The summed E-state index contributed by atoms with van der Waals surface area (Å²) >= 11 is 0. The van der Waals surface area contributed by atoms with Gasteiger partial charge in [-0.1, -0.05) is 30.3 Å².